The maximum absolute atomic E-state index is 6.04. The van der Waals surface area contributed by atoms with Gasteiger partial charge in [-0.2, -0.15) is 0 Å². The van der Waals surface area contributed by atoms with Crippen molar-refractivity contribution < 1.29 is 0 Å². The summed E-state index contributed by atoms with van der Waals surface area (Å²) in [7, 11) is 0. The molecule has 0 aliphatic heterocycles. The summed E-state index contributed by atoms with van der Waals surface area (Å²) in [5.74, 6) is 0. The number of nitrogens with zero attached hydrogens (tertiary/aromatic N) is 1. The van der Waals surface area contributed by atoms with Crippen LogP contribution < -0.4 is 5.73 Å². The summed E-state index contributed by atoms with van der Waals surface area (Å²) in [6.07, 6.45) is 13.9. The van der Waals surface area contributed by atoms with Crippen molar-refractivity contribution in [2.24, 2.45) is 5.73 Å². The van der Waals surface area contributed by atoms with Crippen LogP contribution in [0, 0.1) is 0 Å². The maximum Gasteiger partial charge on any atom is 0.0222 e. The van der Waals surface area contributed by atoms with Crippen molar-refractivity contribution in [3.63, 3.8) is 0 Å². The van der Waals surface area contributed by atoms with Gasteiger partial charge in [0.1, 0.15) is 0 Å². The quantitative estimate of drug-likeness (QED) is 0.585. The molecule has 19 heavy (non-hydrogen) atoms. The molecular weight excluding hydrogens is 232 g/mol. The van der Waals surface area contributed by atoms with Gasteiger partial charge in [0.2, 0.25) is 0 Å². The van der Waals surface area contributed by atoms with Gasteiger partial charge in [-0.1, -0.05) is 52.4 Å². The lowest BCUT2D eigenvalue weighted by molar-refractivity contribution is 0.532. The molecule has 0 spiro atoms. The summed E-state index contributed by atoms with van der Waals surface area (Å²) in [5, 5.41) is 0. The molecule has 0 aliphatic rings. The topological polar surface area (TPSA) is 30.9 Å². The minimum Gasteiger partial charge on any atom is -0.351 e. The molecule has 0 fully saturated rings. The molecule has 2 N–H and O–H groups in total. The zero-order valence-electron chi connectivity index (χ0n) is 12.9. The monoisotopic (exact) mass is 264 g/mol. The first-order valence-corrected chi connectivity index (χ1v) is 8.17. The average Bonchev–Trinajstić information content (AvgIpc) is 2.85. The van der Waals surface area contributed by atoms with Crippen LogP contribution in [0.3, 0.4) is 0 Å². The van der Waals surface area contributed by atoms with Crippen LogP contribution >= 0.6 is 0 Å². The van der Waals surface area contributed by atoms with Gasteiger partial charge in [-0.25, -0.2) is 0 Å². The zero-order valence-corrected chi connectivity index (χ0v) is 12.9. The van der Waals surface area contributed by atoms with Crippen LogP contribution in [0.25, 0.3) is 0 Å². The fraction of sp³-hybridized carbons (Fsp3) is 0.765. The third kappa shape index (κ3) is 6.81. The first-order chi connectivity index (χ1) is 9.27. The molecule has 0 amide bonds. The Balaban J connectivity index is 2.17. The molecule has 1 aromatic heterocycles. The molecule has 1 heterocycles. The van der Waals surface area contributed by atoms with Crippen LogP contribution in [0.4, 0.5) is 0 Å². The van der Waals surface area contributed by atoms with Crippen molar-refractivity contribution in [2.45, 2.75) is 84.2 Å². The summed E-state index contributed by atoms with van der Waals surface area (Å²) in [5.41, 5.74) is 7.45. The van der Waals surface area contributed by atoms with E-state index in [1.807, 2.05) is 0 Å². The second-order valence-corrected chi connectivity index (χ2v) is 5.69. The normalized spacial score (nSPS) is 12.8. The Bertz CT molecular complexity index is 317. The smallest absolute Gasteiger partial charge is 0.0222 e. The Kier molecular flexibility index (Phi) is 8.64. The second kappa shape index (κ2) is 10.1. The van der Waals surface area contributed by atoms with Crippen LogP contribution in [0.1, 0.15) is 70.9 Å². The summed E-state index contributed by atoms with van der Waals surface area (Å²) < 4.78 is 2.39. The lowest BCUT2D eigenvalue weighted by Gasteiger charge is -2.12. The Labute approximate surface area is 119 Å². The van der Waals surface area contributed by atoms with Gasteiger partial charge < -0.3 is 10.3 Å². The lowest BCUT2D eigenvalue weighted by atomic mass is 10.1. The third-order valence-electron chi connectivity index (χ3n) is 3.92. The van der Waals surface area contributed by atoms with Crippen molar-refractivity contribution in [1.29, 1.82) is 0 Å². The van der Waals surface area contributed by atoms with Gasteiger partial charge >= 0.3 is 0 Å². The van der Waals surface area contributed by atoms with E-state index in [0.29, 0.717) is 6.04 Å². The van der Waals surface area contributed by atoms with Crippen molar-refractivity contribution in [1.82, 2.24) is 4.57 Å². The predicted octanol–water partition coefficient (Wildman–Crippen LogP) is 4.52. The summed E-state index contributed by atoms with van der Waals surface area (Å²) in [4.78, 5) is 0. The van der Waals surface area contributed by atoms with E-state index >= 15 is 0 Å². The number of nitrogens with two attached hydrogens (primary N) is 1. The first-order valence-electron chi connectivity index (χ1n) is 8.17. The number of hydrogen-bond acceptors (Lipinski definition) is 1. The number of rotatable bonds is 11. The number of hydrogen-bond donors (Lipinski definition) is 1. The maximum atomic E-state index is 6.04. The molecule has 0 aromatic carbocycles. The molecule has 0 bridgehead atoms. The van der Waals surface area contributed by atoms with Gasteiger partial charge in [-0.05, 0) is 25.0 Å². The van der Waals surface area contributed by atoms with E-state index in [2.05, 4.69) is 36.7 Å². The Morgan fingerprint density at radius 1 is 1.05 bits per heavy atom. The van der Waals surface area contributed by atoms with Crippen LogP contribution in [0.5, 0.6) is 0 Å². The van der Waals surface area contributed by atoms with E-state index in [9.17, 15) is 0 Å². The molecule has 0 radical (unpaired) electrons. The van der Waals surface area contributed by atoms with Crippen molar-refractivity contribution in [2.75, 3.05) is 0 Å². The molecule has 0 saturated carbocycles. The molecule has 0 aliphatic carbocycles. The van der Waals surface area contributed by atoms with E-state index < -0.39 is 0 Å². The molecule has 1 unspecified atom stereocenters. The average molecular weight is 264 g/mol. The third-order valence-corrected chi connectivity index (χ3v) is 3.92. The zero-order chi connectivity index (χ0) is 13.9. The summed E-state index contributed by atoms with van der Waals surface area (Å²) in [6.45, 7) is 5.59. The highest BCUT2D eigenvalue weighted by molar-refractivity contribution is 5.08. The number of aryl methyl sites for hydroxylation is 1. The van der Waals surface area contributed by atoms with Gasteiger partial charge in [-0.3, -0.25) is 0 Å². The highest BCUT2D eigenvalue weighted by Crippen LogP contribution is 2.11. The van der Waals surface area contributed by atoms with E-state index in [1.165, 1.54) is 50.6 Å². The van der Waals surface area contributed by atoms with Gasteiger partial charge in [0.25, 0.3) is 0 Å². The molecule has 110 valence electrons. The van der Waals surface area contributed by atoms with Crippen LogP contribution in [0.2, 0.25) is 0 Å². The summed E-state index contributed by atoms with van der Waals surface area (Å²) >= 11 is 0. The lowest BCUT2D eigenvalue weighted by Crippen LogP contribution is -2.23. The van der Waals surface area contributed by atoms with E-state index in [0.717, 1.165) is 19.4 Å². The van der Waals surface area contributed by atoms with Crippen molar-refractivity contribution >= 4 is 0 Å². The Morgan fingerprint density at radius 3 is 2.42 bits per heavy atom. The fourth-order valence-electron chi connectivity index (χ4n) is 2.51. The molecule has 1 atom stereocenters. The van der Waals surface area contributed by atoms with Crippen LogP contribution in [-0.2, 0) is 13.0 Å². The van der Waals surface area contributed by atoms with Gasteiger partial charge in [0.05, 0.1) is 0 Å². The van der Waals surface area contributed by atoms with E-state index in [4.69, 9.17) is 5.73 Å². The second-order valence-electron chi connectivity index (χ2n) is 5.69. The van der Waals surface area contributed by atoms with Crippen LogP contribution in [0.15, 0.2) is 18.3 Å². The highest BCUT2D eigenvalue weighted by Gasteiger charge is 2.05. The van der Waals surface area contributed by atoms with E-state index in [1.54, 1.807) is 0 Å². The predicted molar refractivity (Wildman–Crippen MR) is 84.4 cm³/mol. The Morgan fingerprint density at radius 2 is 1.74 bits per heavy atom. The van der Waals surface area contributed by atoms with Gasteiger partial charge in [0, 0.05) is 30.9 Å². The SMILES string of the molecule is CCCCCCCCCn1cccc1CC(N)CC. The molecule has 2 heteroatoms. The fourth-order valence-corrected chi connectivity index (χ4v) is 2.51. The van der Waals surface area contributed by atoms with Crippen molar-refractivity contribution in [3.05, 3.63) is 24.0 Å². The van der Waals surface area contributed by atoms with Crippen LogP contribution in [-0.4, -0.2) is 10.6 Å². The van der Waals surface area contributed by atoms with Crippen molar-refractivity contribution in [3.8, 4) is 0 Å². The molecule has 0 saturated heterocycles. The standard InChI is InChI=1S/C17H32N2/c1-3-5-6-7-8-9-10-13-19-14-11-12-17(19)15-16(18)4-2/h11-12,14,16H,3-10,13,15,18H2,1-2H3. The number of unbranched alkanes of at least 4 members (excludes halogenated alkanes) is 6. The molecular formula is C17H32N2. The minimum absolute atomic E-state index is 0.308. The van der Waals surface area contributed by atoms with Gasteiger partial charge in [0.15, 0.2) is 0 Å². The largest absolute Gasteiger partial charge is 0.351 e. The molecule has 1 rings (SSSR count). The highest BCUT2D eigenvalue weighted by atomic mass is 15.0. The number of aromatic nitrogens is 1. The molecule has 2 nitrogen and oxygen atoms in total. The minimum atomic E-state index is 0.308. The molecule has 1 aromatic rings. The first kappa shape index (κ1) is 16.3. The Hall–Kier alpha value is -0.760. The van der Waals surface area contributed by atoms with Gasteiger partial charge in [-0.15, -0.1) is 0 Å². The summed E-state index contributed by atoms with van der Waals surface area (Å²) in [6, 6.07) is 4.68. The van der Waals surface area contributed by atoms with E-state index in [-0.39, 0.29) is 0 Å².